The summed E-state index contributed by atoms with van der Waals surface area (Å²) < 4.78 is 42.6. The fourth-order valence-corrected chi connectivity index (χ4v) is 1.86. The third kappa shape index (κ3) is 5.93. The van der Waals surface area contributed by atoms with E-state index in [2.05, 4.69) is 10.3 Å². The zero-order valence-electron chi connectivity index (χ0n) is 13.1. The van der Waals surface area contributed by atoms with Gasteiger partial charge in [-0.1, -0.05) is 12.1 Å². The highest BCUT2D eigenvalue weighted by molar-refractivity contribution is 5.79. The molecule has 0 aromatic heterocycles. The van der Waals surface area contributed by atoms with Crippen LogP contribution in [-0.4, -0.2) is 44.7 Å². The average Bonchev–Trinajstić information content (AvgIpc) is 2.46. The van der Waals surface area contributed by atoms with Gasteiger partial charge in [-0.2, -0.15) is 13.2 Å². The maximum Gasteiger partial charge on any atom is 0.416 e. The number of guanidine groups is 1. The molecule has 0 aliphatic rings. The van der Waals surface area contributed by atoms with Gasteiger partial charge in [0.15, 0.2) is 5.96 Å². The fourth-order valence-electron chi connectivity index (χ4n) is 1.86. The molecule has 7 heteroatoms. The van der Waals surface area contributed by atoms with Crippen molar-refractivity contribution in [1.82, 2.24) is 10.2 Å². The number of halogens is 3. The van der Waals surface area contributed by atoms with Crippen molar-refractivity contribution < 1.29 is 17.9 Å². The number of alkyl halides is 3. The average molecular weight is 317 g/mol. The predicted octanol–water partition coefficient (Wildman–Crippen LogP) is 2.75. The minimum Gasteiger partial charge on any atom is -0.383 e. The second-order valence-corrected chi connectivity index (χ2v) is 4.78. The van der Waals surface area contributed by atoms with Crippen molar-refractivity contribution in [3.8, 4) is 0 Å². The molecule has 0 heterocycles. The molecule has 0 radical (unpaired) electrons. The number of methoxy groups -OCH3 is 1. The molecule has 0 fully saturated rings. The maximum atomic E-state index is 12.5. The van der Waals surface area contributed by atoms with E-state index in [1.54, 1.807) is 7.11 Å². The SMILES string of the molecule is CCNC(=NCCOC)N(C)Cc1ccc(C(F)(F)F)cc1. The summed E-state index contributed by atoms with van der Waals surface area (Å²) in [5.41, 5.74) is 0.146. The number of benzene rings is 1. The summed E-state index contributed by atoms with van der Waals surface area (Å²) in [6.45, 7) is 4.18. The number of hydrogen-bond acceptors (Lipinski definition) is 2. The zero-order chi connectivity index (χ0) is 16.6. The van der Waals surface area contributed by atoms with Gasteiger partial charge in [0.25, 0.3) is 0 Å². The lowest BCUT2D eigenvalue weighted by Gasteiger charge is -2.22. The topological polar surface area (TPSA) is 36.9 Å². The molecular formula is C15H22F3N3O. The molecule has 1 aromatic rings. The highest BCUT2D eigenvalue weighted by atomic mass is 19.4. The van der Waals surface area contributed by atoms with E-state index in [1.807, 2.05) is 18.9 Å². The van der Waals surface area contributed by atoms with Crippen LogP contribution in [0.2, 0.25) is 0 Å². The normalized spacial score (nSPS) is 12.4. The van der Waals surface area contributed by atoms with Crippen LogP contribution >= 0.6 is 0 Å². The first-order valence-electron chi connectivity index (χ1n) is 7.03. The third-order valence-electron chi connectivity index (χ3n) is 2.95. The molecule has 124 valence electrons. The zero-order valence-corrected chi connectivity index (χ0v) is 13.1. The van der Waals surface area contributed by atoms with Crippen molar-refractivity contribution >= 4 is 5.96 Å². The van der Waals surface area contributed by atoms with Crippen LogP contribution in [0.3, 0.4) is 0 Å². The fraction of sp³-hybridized carbons (Fsp3) is 0.533. The van der Waals surface area contributed by atoms with Crippen molar-refractivity contribution in [1.29, 1.82) is 0 Å². The summed E-state index contributed by atoms with van der Waals surface area (Å²) in [6.07, 6.45) is -4.30. The Balaban J connectivity index is 2.72. The Morgan fingerprint density at radius 1 is 1.27 bits per heavy atom. The lowest BCUT2D eigenvalue weighted by molar-refractivity contribution is -0.137. The van der Waals surface area contributed by atoms with Crippen molar-refractivity contribution in [3.05, 3.63) is 35.4 Å². The van der Waals surface area contributed by atoms with Crippen molar-refractivity contribution in [2.24, 2.45) is 4.99 Å². The van der Waals surface area contributed by atoms with Crippen LogP contribution in [-0.2, 0) is 17.5 Å². The highest BCUT2D eigenvalue weighted by Gasteiger charge is 2.29. The number of hydrogen-bond donors (Lipinski definition) is 1. The van der Waals surface area contributed by atoms with Gasteiger partial charge in [0.1, 0.15) is 0 Å². The van der Waals surface area contributed by atoms with Crippen LogP contribution < -0.4 is 5.32 Å². The third-order valence-corrected chi connectivity index (χ3v) is 2.95. The minimum atomic E-state index is -4.30. The van der Waals surface area contributed by atoms with Gasteiger partial charge in [0, 0.05) is 27.2 Å². The second-order valence-electron chi connectivity index (χ2n) is 4.78. The Kier molecular flexibility index (Phi) is 7.17. The van der Waals surface area contributed by atoms with Gasteiger partial charge in [-0.15, -0.1) is 0 Å². The van der Waals surface area contributed by atoms with E-state index in [9.17, 15) is 13.2 Å². The largest absolute Gasteiger partial charge is 0.416 e. The number of nitrogens with zero attached hydrogens (tertiary/aromatic N) is 2. The molecule has 0 spiro atoms. The van der Waals surface area contributed by atoms with Crippen LogP contribution in [0.1, 0.15) is 18.1 Å². The summed E-state index contributed by atoms with van der Waals surface area (Å²) in [5.74, 6) is 0.694. The van der Waals surface area contributed by atoms with Crippen molar-refractivity contribution in [3.63, 3.8) is 0 Å². The Labute approximate surface area is 129 Å². The minimum absolute atomic E-state index is 0.469. The molecule has 0 atom stereocenters. The number of ether oxygens (including phenoxy) is 1. The molecule has 1 N–H and O–H groups in total. The number of nitrogens with one attached hydrogen (secondary N) is 1. The van der Waals surface area contributed by atoms with E-state index < -0.39 is 11.7 Å². The molecule has 0 aliphatic heterocycles. The highest BCUT2D eigenvalue weighted by Crippen LogP contribution is 2.29. The quantitative estimate of drug-likeness (QED) is 0.498. The van der Waals surface area contributed by atoms with E-state index in [0.29, 0.717) is 32.2 Å². The summed E-state index contributed by atoms with van der Waals surface area (Å²) in [7, 11) is 3.44. The predicted molar refractivity (Wildman–Crippen MR) is 80.8 cm³/mol. The molecule has 0 bridgehead atoms. The van der Waals surface area contributed by atoms with Crippen LogP contribution in [0.4, 0.5) is 13.2 Å². The molecule has 22 heavy (non-hydrogen) atoms. The van der Waals surface area contributed by atoms with E-state index in [0.717, 1.165) is 17.7 Å². The van der Waals surface area contributed by atoms with E-state index in [4.69, 9.17) is 4.74 Å². The molecule has 0 amide bonds. The lowest BCUT2D eigenvalue weighted by Crippen LogP contribution is -2.38. The molecular weight excluding hydrogens is 295 g/mol. The van der Waals surface area contributed by atoms with Crippen molar-refractivity contribution in [2.45, 2.75) is 19.6 Å². The first-order chi connectivity index (χ1) is 10.4. The molecule has 0 unspecified atom stereocenters. The van der Waals surface area contributed by atoms with Gasteiger partial charge in [0.05, 0.1) is 18.7 Å². The Morgan fingerprint density at radius 3 is 2.41 bits per heavy atom. The summed E-state index contributed by atoms with van der Waals surface area (Å²) >= 11 is 0. The summed E-state index contributed by atoms with van der Waals surface area (Å²) in [5, 5.41) is 3.14. The van der Waals surface area contributed by atoms with Crippen LogP contribution in [0.15, 0.2) is 29.3 Å². The van der Waals surface area contributed by atoms with E-state index >= 15 is 0 Å². The summed E-state index contributed by atoms with van der Waals surface area (Å²) in [4.78, 5) is 6.25. The second kappa shape index (κ2) is 8.63. The van der Waals surface area contributed by atoms with Crippen LogP contribution in [0, 0.1) is 0 Å². The molecule has 1 rings (SSSR count). The maximum absolute atomic E-state index is 12.5. The van der Waals surface area contributed by atoms with Gasteiger partial charge >= 0.3 is 6.18 Å². The monoisotopic (exact) mass is 317 g/mol. The first kappa shape index (κ1) is 18.3. The van der Waals surface area contributed by atoms with Gasteiger partial charge in [-0.3, -0.25) is 4.99 Å². The number of rotatable bonds is 6. The molecule has 0 saturated carbocycles. The van der Waals surface area contributed by atoms with Gasteiger partial charge in [0.2, 0.25) is 0 Å². The standard InChI is InChI=1S/C15H22F3N3O/c1-4-19-14(20-9-10-22-3)21(2)11-12-5-7-13(8-6-12)15(16,17)18/h5-8H,4,9-11H2,1-3H3,(H,19,20). The molecule has 0 saturated heterocycles. The lowest BCUT2D eigenvalue weighted by atomic mass is 10.1. The smallest absolute Gasteiger partial charge is 0.383 e. The van der Waals surface area contributed by atoms with E-state index in [1.165, 1.54) is 12.1 Å². The Bertz CT molecular complexity index is 472. The van der Waals surface area contributed by atoms with Gasteiger partial charge < -0.3 is 15.0 Å². The molecule has 0 aliphatic carbocycles. The van der Waals surface area contributed by atoms with Crippen molar-refractivity contribution in [2.75, 3.05) is 33.9 Å². The number of aliphatic imine (C=N–C) groups is 1. The molecule has 1 aromatic carbocycles. The Morgan fingerprint density at radius 2 is 1.91 bits per heavy atom. The van der Waals surface area contributed by atoms with Crippen LogP contribution in [0.5, 0.6) is 0 Å². The van der Waals surface area contributed by atoms with E-state index in [-0.39, 0.29) is 0 Å². The van der Waals surface area contributed by atoms with Gasteiger partial charge in [-0.25, -0.2) is 0 Å². The summed E-state index contributed by atoms with van der Waals surface area (Å²) in [6, 6.07) is 5.16. The first-order valence-corrected chi connectivity index (χ1v) is 7.03. The van der Waals surface area contributed by atoms with Crippen LogP contribution in [0.25, 0.3) is 0 Å². The molecule has 4 nitrogen and oxygen atoms in total. The Hall–Kier alpha value is -1.76. The van der Waals surface area contributed by atoms with Gasteiger partial charge in [-0.05, 0) is 24.6 Å².